The zero-order chi connectivity index (χ0) is 30.3. The Bertz CT molecular complexity index is 1030. The average Bonchev–Trinajstić information content (AvgIpc) is 2.84. The van der Waals surface area contributed by atoms with Crippen molar-refractivity contribution in [1.82, 2.24) is 21.3 Å². The van der Waals surface area contributed by atoms with E-state index in [0.717, 1.165) is 5.56 Å². The van der Waals surface area contributed by atoms with Gasteiger partial charge in [0.25, 0.3) is 0 Å². The maximum atomic E-state index is 12.7. The minimum absolute atomic E-state index is 0.0465. The first-order valence-corrected chi connectivity index (χ1v) is 12.8. The molecule has 1 atom stereocenters. The molecule has 0 aliphatic heterocycles. The molecule has 1 aromatic rings. The molecule has 0 aromatic heterocycles. The van der Waals surface area contributed by atoms with E-state index < -0.39 is 72.6 Å². The number of ether oxygens (including phenoxy) is 3. The van der Waals surface area contributed by atoms with Gasteiger partial charge < -0.3 is 35.5 Å². The molecule has 1 aromatic carbocycles. The van der Waals surface area contributed by atoms with Gasteiger partial charge in [0.1, 0.15) is 36.9 Å². The number of carbonyl (C=O) groups excluding carboxylic acids is 6. The standard InChI is InChI=1S/C27H40N4O9/c1-26(2,3)39-23(35)16-29-24(36)19(12-13-22(34)38-17-18-10-8-7-9-11-18)31-21(33)15-28-20(32)14-30-25(37)40-27(4,5)6/h7-11,19H,12-17H2,1-6H3,(H,28,32)(H,29,36)(H,30,37)(H,31,33)/t19-/m0/s1. The smallest absolute Gasteiger partial charge is 0.408 e. The van der Waals surface area contributed by atoms with Gasteiger partial charge in [-0.3, -0.25) is 24.0 Å². The van der Waals surface area contributed by atoms with Gasteiger partial charge in [0.2, 0.25) is 17.7 Å². The summed E-state index contributed by atoms with van der Waals surface area (Å²) in [6, 6.07) is 7.80. The van der Waals surface area contributed by atoms with Gasteiger partial charge in [0, 0.05) is 6.42 Å². The fourth-order valence-corrected chi connectivity index (χ4v) is 2.95. The van der Waals surface area contributed by atoms with Crippen LogP contribution >= 0.6 is 0 Å². The maximum Gasteiger partial charge on any atom is 0.408 e. The summed E-state index contributed by atoms with van der Waals surface area (Å²) in [6.45, 7) is 8.67. The lowest BCUT2D eigenvalue weighted by Gasteiger charge is -2.21. The van der Waals surface area contributed by atoms with E-state index in [0.29, 0.717) is 0 Å². The van der Waals surface area contributed by atoms with Crippen LogP contribution in [-0.2, 0) is 44.8 Å². The fraction of sp³-hybridized carbons (Fsp3) is 0.556. The number of alkyl carbamates (subject to hydrolysis) is 1. The number of amides is 4. The summed E-state index contributed by atoms with van der Waals surface area (Å²) in [5.74, 6) is -3.41. The molecule has 13 nitrogen and oxygen atoms in total. The second-order valence-electron chi connectivity index (χ2n) is 10.7. The van der Waals surface area contributed by atoms with Crippen LogP contribution in [0.3, 0.4) is 0 Å². The predicted octanol–water partition coefficient (Wildman–Crippen LogP) is 1.09. The van der Waals surface area contributed by atoms with Gasteiger partial charge in [-0.05, 0) is 53.5 Å². The molecular formula is C27H40N4O9. The normalized spacial score (nSPS) is 11.8. The monoisotopic (exact) mass is 564 g/mol. The molecule has 0 fully saturated rings. The first kappa shape index (κ1) is 33.9. The zero-order valence-electron chi connectivity index (χ0n) is 23.9. The zero-order valence-corrected chi connectivity index (χ0v) is 23.9. The number of nitrogens with one attached hydrogen (secondary N) is 4. The predicted molar refractivity (Wildman–Crippen MR) is 144 cm³/mol. The van der Waals surface area contributed by atoms with Gasteiger partial charge in [-0.2, -0.15) is 0 Å². The molecule has 0 heterocycles. The van der Waals surface area contributed by atoms with Crippen LogP contribution in [0.5, 0.6) is 0 Å². The topological polar surface area (TPSA) is 178 Å². The average molecular weight is 565 g/mol. The van der Waals surface area contributed by atoms with Crippen molar-refractivity contribution in [1.29, 1.82) is 0 Å². The minimum Gasteiger partial charge on any atom is -0.461 e. The molecule has 4 N–H and O–H groups in total. The van der Waals surface area contributed by atoms with Gasteiger partial charge in [0.05, 0.1) is 6.54 Å². The number of rotatable bonds is 13. The van der Waals surface area contributed by atoms with Crippen LogP contribution in [0.4, 0.5) is 4.79 Å². The largest absolute Gasteiger partial charge is 0.461 e. The Morgan fingerprint density at radius 2 is 1.32 bits per heavy atom. The Hall–Kier alpha value is -4.16. The lowest BCUT2D eigenvalue weighted by atomic mass is 10.1. The van der Waals surface area contributed by atoms with E-state index in [1.807, 2.05) is 6.07 Å². The van der Waals surface area contributed by atoms with Gasteiger partial charge >= 0.3 is 18.0 Å². The minimum atomic E-state index is -1.21. The third-order valence-electron chi connectivity index (χ3n) is 4.60. The second kappa shape index (κ2) is 16.1. The number of hydrogen-bond acceptors (Lipinski definition) is 9. The lowest BCUT2D eigenvalue weighted by molar-refractivity contribution is -0.154. The quantitative estimate of drug-likeness (QED) is 0.202. The molecule has 0 aliphatic rings. The van der Waals surface area contributed by atoms with Crippen LogP contribution in [0.1, 0.15) is 59.9 Å². The van der Waals surface area contributed by atoms with Crippen LogP contribution in [-0.4, -0.2) is 72.6 Å². The van der Waals surface area contributed by atoms with Crippen LogP contribution in [0.2, 0.25) is 0 Å². The molecule has 0 saturated heterocycles. The highest BCUT2D eigenvalue weighted by atomic mass is 16.6. The Morgan fingerprint density at radius 3 is 1.93 bits per heavy atom. The molecular weight excluding hydrogens is 524 g/mol. The molecule has 0 aliphatic carbocycles. The highest BCUT2D eigenvalue weighted by molar-refractivity contribution is 5.92. The second-order valence-corrected chi connectivity index (χ2v) is 10.7. The van der Waals surface area contributed by atoms with Crippen molar-refractivity contribution >= 4 is 35.8 Å². The summed E-state index contributed by atoms with van der Waals surface area (Å²) in [6.07, 6.45) is -1.13. The van der Waals surface area contributed by atoms with Crippen molar-refractivity contribution in [2.24, 2.45) is 0 Å². The Kier molecular flexibility index (Phi) is 13.6. The molecule has 1 rings (SSSR count). The molecule has 0 unspecified atom stereocenters. The highest BCUT2D eigenvalue weighted by Gasteiger charge is 2.24. The van der Waals surface area contributed by atoms with Gasteiger partial charge in [0.15, 0.2) is 0 Å². The third-order valence-corrected chi connectivity index (χ3v) is 4.60. The molecule has 0 saturated carbocycles. The Labute approximate surface area is 234 Å². The summed E-state index contributed by atoms with van der Waals surface area (Å²) in [5, 5.41) is 9.37. The van der Waals surface area contributed by atoms with Gasteiger partial charge in [-0.25, -0.2) is 4.79 Å². The molecule has 13 heteroatoms. The summed E-state index contributed by atoms with van der Waals surface area (Å²) >= 11 is 0. The van der Waals surface area contributed by atoms with E-state index in [4.69, 9.17) is 14.2 Å². The van der Waals surface area contributed by atoms with E-state index >= 15 is 0 Å². The SMILES string of the molecule is CC(C)(C)OC(=O)CNC(=O)[C@H](CCC(=O)OCc1ccccc1)NC(=O)CNC(=O)CNC(=O)OC(C)(C)C. The van der Waals surface area contributed by atoms with Crippen LogP contribution in [0, 0.1) is 0 Å². The summed E-state index contributed by atoms with van der Waals surface area (Å²) < 4.78 is 15.4. The number of hydrogen-bond donors (Lipinski definition) is 4. The summed E-state index contributed by atoms with van der Waals surface area (Å²) in [5.41, 5.74) is -0.713. The first-order chi connectivity index (χ1) is 18.5. The van der Waals surface area contributed by atoms with E-state index in [-0.39, 0.29) is 19.4 Å². The van der Waals surface area contributed by atoms with Crippen molar-refractivity contribution in [2.75, 3.05) is 19.6 Å². The van der Waals surface area contributed by atoms with Crippen LogP contribution in [0.25, 0.3) is 0 Å². The van der Waals surface area contributed by atoms with Crippen LogP contribution in [0.15, 0.2) is 30.3 Å². The first-order valence-electron chi connectivity index (χ1n) is 12.8. The van der Waals surface area contributed by atoms with Gasteiger partial charge in [-0.15, -0.1) is 0 Å². The number of carbonyl (C=O) groups is 6. The molecule has 0 bridgehead atoms. The maximum absolute atomic E-state index is 12.7. The highest BCUT2D eigenvalue weighted by Crippen LogP contribution is 2.08. The van der Waals surface area contributed by atoms with Crippen LogP contribution < -0.4 is 21.3 Å². The molecule has 4 amide bonds. The number of benzene rings is 1. The van der Waals surface area contributed by atoms with Crippen molar-refractivity contribution in [3.8, 4) is 0 Å². The van der Waals surface area contributed by atoms with E-state index in [1.54, 1.807) is 65.8 Å². The van der Waals surface area contributed by atoms with E-state index in [2.05, 4.69) is 21.3 Å². The molecule has 222 valence electrons. The molecule has 0 radical (unpaired) electrons. The fourth-order valence-electron chi connectivity index (χ4n) is 2.95. The van der Waals surface area contributed by atoms with Crippen molar-refractivity contribution in [3.63, 3.8) is 0 Å². The van der Waals surface area contributed by atoms with E-state index in [1.165, 1.54) is 0 Å². The van der Waals surface area contributed by atoms with Crippen molar-refractivity contribution < 1.29 is 43.0 Å². The third kappa shape index (κ3) is 16.6. The van der Waals surface area contributed by atoms with E-state index in [9.17, 15) is 28.8 Å². The lowest BCUT2D eigenvalue weighted by Crippen LogP contribution is -2.51. The molecule has 40 heavy (non-hydrogen) atoms. The van der Waals surface area contributed by atoms with Gasteiger partial charge in [-0.1, -0.05) is 30.3 Å². The Balaban J connectivity index is 2.64. The summed E-state index contributed by atoms with van der Waals surface area (Å²) in [4.78, 5) is 73.0. The number of esters is 2. The van der Waals surface area contributed by atoms with Crippen molar-refractivity contribution in [3.05, 3.63) is 35.9 Å². The van der Waals surface area contributed by atoms with Crippen molar-refractivity contribution in [2.45, 2.75) is 78.2 Å². The molecule has 0 spiro atoms. The Morgan fingerprint density at radius 1 is 0.725 bits per heavy atom. The summed E-state index contributed by atoms with van der Waals surface area (Å²) in [7, 11) is 0.